The molecule has 0 aliphatic carbocycles. The second-order valence-corrected chi connectivity index (χ2v) is 13.3. The number of nitrogens with zero attached hydrogens (tertiary/aromatic N) is 5. The summed E-state index contributed by atoms with van der Waals surface area (Å²) in [7, 11) is 0. The van der Waals surface area contributed by atoms with Crippen LogP contribution in [0, 0.1) is 0 Å². The van der Waals surface area contributed by atoms with Crippen molar-refractivity contribution in [3.8, 4) is 33.9 Å². The molecule has 0 N–H and O–H groups in total. The maximum absolute atomic E-state index is 4.97. The van der Waals surface area contributed by atoms with E-state index in [1.807, 2.05) is 24.5 Å². The molecule has 0 fully saturated rings. The first kappa shape index (κ1) is 28.7. The Morgan fingerprint density at radius 3 is 1.54 bits per heavy atom. The number of hydrogen-bond donors (Lipinski definition) is 0. The first-order valence-corrected chi connectivity index (χ1v) is 17.5. The first-order chi connectivity index (χ1) is 25.8. The van der Waals surface area contributed by atoms with Gasteiger partial charge in [0, 0.05) is 34.5 Å². The Hall–Kier alpha value is -7.11. The number of fused-ring (bicyclic) bond motifs is 10. The van der Waals surface area contributed by atoms with Gasteiger partial charge in [-0.2, -0.15) is 0 Å². The highest BCUT2D eigenvalue weighted by molar-refractivity contribution is 6.25. The molecule has 0 spiro atoms. The molecular weight excluding hydrogens is 635 g/mol. The van der Waals surface area contributed by atoms with Gasteiger partial charge in [-0.1, -0.05) is 97.1 Å². The van der Waals surface area contributed by atoms with Crippen molar-refractivity contribution in [2.45, 2.75) is 0 Å². The van der Waals surface area contributed by atoms with Crippen LogP contribution in [0.1, 0.15) is 0 Å². The lowest BCUT2D eigenvalue weighted by Crippen LogP contribution is -2.00. The van der Waals surface area contributed by atoms with Gasteiger partial charge in [0.15, 0.2) is 0 Å². The third-order valence-corrected chi connectivity index (χ3v) is 10.5. The molecule has 0 aliphatic rings. The van der Waals surface area contributed by atoms with Gasteiger partial charge in [0.2, 0.25) is 0 Å². The molecule has 8 aromatic carbocycles. The lowest BCUT2D eigenvalue weighted by Gasteiger charge is -2.13. The zero-order valence-corrected chi connectivity index (χ0v) is 28.0. The van der Waals surface area contributed by atoms with Crippen molar-refractivity contribution in [2.75, 3.05) is 0 Å². The van der Waals surface area contributed by atoms with Gasteiger partial charge in [-0.15, -0.1) is 0 Å². The Balaban J connectivity index is 1.06. The maximum Gasteiger partial charge on any atom is 0.148 e. The van der Waals surface area contributed by atoms with Crippen LogP contribution in [0.15, 0.2) is 176 Å². The van der Waals surface area contributed by atoms with Crippen molar-refractivity contribution in [1.29, 1.82) is 0 Å². The molecule has 0 aliphatic heterocycles. The maximum atomic E-state index is 4.97. The molecular formula is C47H29N5. The van der Waals surface area contributed by atoms with E-state index in [0.29, 0.717) is 0 Å². The predicted molar refractivity (Wildman–Crippen MR) is 214 cm³/mol. The van der Waals surface area contributed by atoms with Crippen molar-refractivity contribution < 1.29 is 0 Å². The minimum absolute atomic E-state index is 0.814. The molecule has 0 saturated carbocycles. The zero-order chi connectivity index (χ0) is 34.2. The van der Waals surface area contributed by atoms with Crippen LogP contribution in [0.25, 0.3) is 99.0 Å². The number of rotatable bonds is 4. The molecule has 0 amide bonds. The quantitative estimate of drug-likeness (QED) is 0.176. The van der Waals surface area contributed by atoms with Crippen LogP contribution in [0.2, 0.25) is 0 Å². The van der Waals surface area contributed by atoms with Crippen molar-refractivity contribution in [3.05, 3.63) is 176 Å². The highest BCUT2D eigenvalue weighted by Crippen LogP contribution is 2.39. The van der Waals surface area contributed by atoms with Gasteiger partial charge in [-0.3, -0.25) is 4.57 Å². The van der Waals surface area contributed by atoms with Crippen molar-refractivity contribution in [2.24, 2.45) is 0 Å². The summed E-state index contributed by atoms with van der Waals surface area (Å²) in [5, 5.41) is 10.2. The molecule has 0 bridgehead atoms. The second kappa shape index (κ2) is 11.2. The van der Waals surface area contributed by atoms with E-state index < -0.39 is 0 Å². The summed E-state index contributed by atoms with van der Waals surface area (Å²) in [6.07, 6.45) is 5.17. The number of hydrogen-bond acceptors (Lipinski definition) is 3. The first-order valence-electron chi connectivity index (χ1n) is 17.5. The summed E-state index contributed by atoms with van der Waals surface area (Å²) >= 11 is 0. The van der Waals surface area contributed by atoms with E-state index in [1.165, 1.54) is 65.3 Å². The summed E-state index contributed by atoms with van der Waals surface area (Å²) in [5.74, 6) is 0.814. The summed E-state index contributed by atoms with van der Waals surface area (Å²) < 4.78 is 4.56. The molecule has 242 valence electrons. The van der Waals surface area contributed by atoms with E-state index in [1.54, 1.807) is 6.33 Å². The Labute approximate surface area is 298 Å². The molecule has 11 rings (SSSR count). The van der Waals surface area contributed by atoms with E-state index in [9.17, 15) is 0 Å². The zero-order valence-electron chi connectivity index (χ0n) is 28.0. The third-order valence-electron chi connectivity index (χ3n) is 10.5. The van der Waals surface area contributed by atoms with E-state index in [-0.39, 0.29) is 0 Å². The van der Waals surface area contributed by atoms with Gasteiger partial charge in [0.1, 0.15) is 12.2 Å². The topological polar surface area (TPSA) is 48.5 Å². The molecule has 52 heavy (non-hydrogen) atoms. The lowest BCUT2D eigenvalue weighted by atomic mass is 9.92. The van der Waals surface area contributed by atoms with Crippen molar-refractivity contribution in [1.82, 2.24) is 24.1 Å². The Morgan fingerprint density at radius 2 is 0.846 bits per heavy atom. The lowest BCUT2D eigenvalue weighted by molar-refractivity contribution is 1.07. The smallest absolute Gasteiger partial charge is 0.148 e. The molecule has 0 radical (unpaired) electrons. The van der Waals surface area contributed by atoms with Gasteiger partial charge in [-0.25, -0.2) is 15.0 Å². The fourth-order valence-electron chi connectivity index (χ4n) is 8.16. The van der Waals surface area contributed by atoms with Gasteiger partial charge < -0.3 is 4.57 Å². The van der Waals surface area contributed by atoms with E-state index >= 15 is 0 Å². The molecule has 0 saturated heterocycles. The van der Waals surface area contributed by atoms with Crippen LogP contribution in [0.3, 0.4) is 0 Å². The van der Waals surface area contributed by atoms with E-state index in [4.69, 9.17) is 4.98 Å². The van der Waals surface area contributed by atoms with Gasteiger partial charge in [0.25, 0.3) is 0 Å². The molecule has 3 aromatic heterocycles. The Morgan fingerprint density at radius 1 is 0.346 bits per heavy atom. The summed E-state index contributed by atoms with van der Waals surface area (Å²) in [4.78, 5) is 13.5. The summed E-state index contributed by atoms with van der Waals surface area (Å²) in [6, 6.07) is 57.1. The van der Waals surface area contributed by atoms with E-state index in [2.05, 4.69) is 165 Å². The summed E-state index contributed by atoms with van der Waals surface area (Å²) in [5.41, 5.74) is 9.71. The number of aromatic nitrogens is 5. The van der Waals surface area contributed by atoms with Gasteiger partial charge in [0.05, 0.1) is 27.6 Å². The van der Waals surface area contributed by atoms with E-state index in [0.717, 1.165) is 33.8 Å². The fraction of sp³-hybridized carbons (Fsp3) is 0. The van der Waals surface area contributed by atoms with Crippen LogP contribution in [-0.2, 0) is 0 Å². The average Bonchev–Trinajstić information content (AvgIpc) is 3.77. The van der Waals surface area contributed by atoms with Crippen LogP contribution >= 0.6 is 0 Å². The average molecular weight is 664 g/mol. The van der Waals surface area contributed by atoms with Crippen LogP contribution in [0.4, 0.5) is 0 Å². The van der Waals surface area contributed by atoms with Crippen LogP contribution in [0.5, 0.6) is 0 Å². The minimum Gasteiger partial charge on any atom is -0.309 e. The SMILES string of the molecule is c1ccc2c(c1)nc(-c1cncnc1)n2-c1ccc(-n2c3ccccc3c3cc(-c4ccc5c6ccccc6c6ccccc6c5c4)ccc32)cc1. The predicted octanol–water partition coefficient (Wildman–Crippen LogP) is 11.7. The standard InChI is InChI=1S/C47H29N5/c1-2-11-37-35(9-1)36-10-3-4-12-38(36)41-25-30(17-23-39(37)41)31-18-24-45-42(26-31)40-13-5-7-15-44(40)51(45)33-19-21-34(22-20-33)52-46-16-8-6-14-43(46)50-47(52)32-27-48-29-49-28-32/h1-29H. The largest absolute Gasteiger partial charge is 0.309 e. The molecule has 5 heteroatoms. The molecule has 11 aromatic rings. The number of para-hydroxylation sites is 3. The Kier molecular flexibility index (Phi) is 6.18. The highest BCUT2D eigenvalue weighted by atomic mass is 15.1. The summed E-state index contributed by atoms with van der Waals surface area (Å²) in [6.45, 7) is 0. The van der Waals surface area contributed by atoms with Crippen molar-refractivity contribution >= 4 is 65.2 Å². The van der Waals surface area contributed by atoms with Gasteiger partial charge in [-0.05, 0) is 104 Å². The minimum atomic E-state index is 0.814. The number of imidazole rings is 1. The molecule has 0 unspecified atom stereocenters. The van der Waals surface area contributed by atoms with Crippen LogP contribution < -0.4 is 0 Å². The molecule has 3 heterocycles. The second-order valence-electron chi connectivity index (χ2n) is 13.3. The third kappa shape index (κ3) is 4.26. The van der Waals surface area contributed by atoms with Crippen molar-refractivity contribution in [3.63, 3.8) is 0 Å². The highest BCUT2D eigenvalue weighted by Gasteiger charge is 2.17. The molecule has 5 nitrogen and oxygen atoms in total. The van der Waals surface area contributed by atoms with Crippen LogP contribution in [-0.4, -0.2) is 24.1 Å². The fourth-order valence-corrected chi connectivity index (χ4v) is 8.16. The Bertz CT molecular complexity index is 3140. The molecule has 0 atom stereocenters. The normalized spacial score (nSPS) is 11.8. The number of benzene rings is 8. The van der Waals surface area contributed by atoms with Gasteiger partial charge >= 0.3 is 0 Å². The monoisotopic (exact) mass is 663 g/mol.